The van der Waals surface area contributed by atoms with E-state index in [2.05, 4.69) is 10.4 Å². The fourth-order valence-electron chi connectivity index (χ4n) is 1.81. The second-order valence-corrected chi connectivity index (χ2v) is 4.25. The molecule has 1 heterocycles. The van der Waals surface area contributed by atoms with Gasteiger partial charge in [-0.15, -0.1) is 0 Å². The fraction of sp³-hybridized carbons (Fsp3) is 0.308. The number of hydrogen-bond acceptors (Lipinski definition) is 3. The Bertz CT molecular complexity index is 539. The van der Waals surface area contributed by atoms with Gasteiger partial charge < -0.3 is 10.4 Å². The van der Waals surface area contributed by atoms with Crippen molar-refractivity contribution in [3.63, 3.8) is 0 Å². The number of phenols is 1. The van der Waals surface area contributed by atoms with Crippen molar-refractivity contribution in [1.82, 2.24) is 15.1 Å². The summed E-state index contributed by atoms with van der Waals surface area (Å²) in [5.74, 6) is -0.463. The zero-order valence-corrected chi connectivity index (χ0v) is 10.4. The second kappa shape index (κ2) is 5.18. The first-order valence-electron chi connectivity index (χ1n) is 5.76. The molecule has 1 atom stereocenters. The summed E-state index contributed by atoms with van der Waals surface area (Å²) in [6.07, 6.45) is 1.73. The summed E-state index contributed by atoms with van der Waals surface area (Å²) in [4.78, 5) is 0. The third-order valence-corrected chi connectivity index (χ3v) is 2.96. The van der Waals surface area contributed by atoms with Crippen molar-refractivity contribution in [1.29, 1.82) is 0 Å². The van der Waals surface area contributed by atoms with Crippen molar-refractivity contribution < 1.29 is 9.50 Å². The maximum atomic E-state index is 13.6. The molecule has 2 aromatic rings. The summed E-state index contributed by atoms with van der Waals surface area (Å²) in [5.41, 5.74) is 1.57. The van der Waals surface area contributed by atoms with Gasteiger partial charge in [-0.1, -0.05) is 6.07 Å². The van der Waals surface area contributed by atoms with Crippen molar-refractivity contribution in [2.45, 2.75) is 19.5 Å². The van der Waals surface area contributed by atoms with E-state index < -0.39 is 5.82 Å². The highest BCUT2D eigenvalue weighted by atomic mass is 19.1. The number of benzene rings is 1. The summed E-state index contributed by atoms with van der Waals surface area (Å²) >= 11 is 0. The number of nitrogens with zero attached hydrogens (tertiary/aromatic N) is 2. The first-order chi connectivity index (χ1) is 8.58. The molecular formula is C13H16FN3O. The lowest BCUT2D eigenvalue weighted by Gasteiger charge is -2.15. The van der Waals surface area contributed by atoms with Gasteiger partial charge >= 0.3 is 0 Å². The smallest absolute Gasteiger partial charge is 0.131 e. The summed E-state index contributed by atoms with van der Waals surface area (Å²) < 4.78 is 15.4. The van der Waals surface area contributed by atoms with Gasteiger partial charge in [0.25, 0.3) is 0 Å². The molecule has 5 heteroatoms. The number of aromatic hydroxyl groups is 1. The molecule has 0 bridgehead atoms. The number of nitrogens with one attached hydrogen (secondary N) is 1. The van der Waals surface area contributed by atoms with Crippen LogP contribution in [-0.2, 0) is 13.6 Å². The molecule has 0 saturated carbocycles. The SMILES string of the molecule is CC(NCc1ccnn1C)c1ccc(O)cc1F. The third-order valence-electron chi connectivity index (χ3n) is 2.96. The average molecular weight is 249 g/mol. The topological polar surface area (TPSA) is 50.1 Å². The normalized spacial score (nSPS) is 12.6. The van der Waals surface area contributed by atoms with E-state index >= 15 is 0 Å². The molecule has 1 aromatic carbocycles. The van der Waals surface area contributed by atoms with E-state index in [-0.39, 0.29) is 11.8 Å². The molecule has 0 amide bonds. The molecule has 0 fully saturated rings. The average Bonchev–Trinajstić information content (AvgIpc) is 2.72. The number of phenolic OH excluding ortho intramolecular Hbond substituents is 1. The van der Waals surface area contributed by atoms with Gasteiger partial charge in [0.1, 0.15) is 11.6 Å². The van der Waals surface area contributed by atoms with Gasteiger partial charge in [0.05, 0.1) is 5.69 Å². The Morgan fingerprint density at radius 2 is 2.22 bits per heavy atom. The van der Waals surface area contributed by atoms with Gasteiger partial charge in [0.2, 0.25) is 0 Å². The number of aryl methyl sites for hydroxylation is 1. The van der Waals surface area contributed by atoms with Crippen LogP contribution in [0.2, 0.25) is 0 Å². The summed E-state index contributed by atoms with van der Waals surface area (Å²) in [7, 11) is 1.86. The molecule has 96 valence electrons. The Balaban J connectivity index is 2.03. The highest BCUT2D eigenvalue weighted by Crippen LogP contribution is 2.21. The zero-order chi connectivity index (χ0) is 13.1. The summed E-state index contributed by atoms with van der Waals surface area (Å²) in [6, 6.07) is 5.97. The quantitative estimate of drug-likeness (QED) is 0.872. The molecule has 0 radical (unpaired) electrons. The molecular weight excluding hydrogens is 233 g/mol. The predicted octanol–water partition coefficient (Wildman–Crippen LogP) is 2.12. The molecule has 18 heavy (non-hydrogen) atoms. The number of halogens is 1. The van der Waals surface area contributed by atoms with E-state index in [1.807, 2.05) is 20.0 Å². The van der Waals surface area contributed by atoms with Gasteiger partial charge in [-0.05, 0) is 19.1 Å². The number of rotatable bonds is 4. The maximum Gasteiger partial charge on any atom is 0.131 e. The van der Waals surface area contributed by atoms with Crippen LogP contribution in [0, 0.1) is 5.82 Å². The van der Waals surface area contributed by atoms with Crippen molar-refractivity contribution in [3.8, 4) is 5.75 Å². The van der Waals surface area contributed by atoms with Gasteiger partial charge in [-0.3, -0.25) is 4.68 Å². The molecule has 0 aliphatic heterocycles. The van der Waals surface area contributed by atoms with Crippen molar-refractivity contribution in [3.05, 3.63) is 47.5 Å². The number of aromatic nitrogens is 2. The molecule has 0 spiro atoms. The van der Waals surface area contributed by atoms with E-state index in [1.165, 1.54) is 6.07 Å². The summed E-state index contributed by atoms with van der Waals surface area (Å²) in [5, 5.41) is 16.4. The van der Waals surface area contributed by atoms with E-state index in [0.717, 1.165) is 11.8 Å². The largest absolute Gasteiger partial charge is 0.508 e. The molecule has 0 saturated heterocycles. The lowest BCUT2D eigenvalue weighted by atomic mass is 10.1. The van der Waals surface area contributed by atoms with E-state index in [4.69, 9.17) is 5.11 Å². The second-order valence-electron chi connectivity index (χ2n) is 4.25. The van der Waals surface area contributed by atoms with Crippen molar-refractivity contribution >= 4 is 0 Å². The van der Waals surface area contributed by atoms with Crippen LogP contribution in [0.25, 0.3) is 0 Å². The van der Waals surface area contributed by atoms with Crippen LogP contribution in [-0.4, -0.2) is 14.9 Å². The minimum Gasteiger partial charge on any atom is -0.508 e. The van der Waals surface area contributed by atoms with Gasteiger partial charge in [0.15, 0.2) is 0 Å². The molecule has 2 rings (SSSR count). The lowest BCUT2D eigenvalue weighted by molar-refractivity contribution is 0.462. The van der Waals surface area contributed by atoms with Crippen molar-refractivity contribution in [2.24, 2.45) is 7.05 Å². The highest BCUT2D eigenvalue weighted by Gasteiger charge is 2.11. The Hall–Kier alpha value is -1.88. The van der Waals surface area contributed by atoms with E-state index in [0.29, 0.717) is 12.1 Å². The molecule has 4 nitrogen and oxygen atoms in total. The Kier molecular flexibility index (Phi) is 3.62. The Morgan fingerprint density at radius 1 is 1.44 bits per heavy atom. The highest BCUT2D eigenvalue weighted by molar-refractivity contribution is 5.29. The zero-order valence-electron chi connectivity index (χ0n) is 10.4. The van der Waals surface area contributed by atoms with Crippen LogP contribution in [0.3, 0.4) is 0 Å². The minimum atomic E-state index is -0.403. The molecule has 2 N–H and O–H groups in total. The van der Waals surface area contributed by atoms with Crippen LogP contribution in [0.5, 0.6) is 5.75 Å². The predicted molar refractivity (Wildman–Crippen MR) is 66.5 cm³/mol. The molecule has 0 aliphatic carbocycles. The molecule has 1 unspecified atom stereocenters. The van der Waals surface area contributed by atoms with E-state index in [9.17, 15) is 4.39 Å². The van der Waals surface area contributed by atoms with Crippen LogP contribution in [0.4, 0.5) is 4.39 Å². The fourth-order valence-corrected chi connectivity index (χ4v) is 1.81. The van der Waals surface area contributed by atoms with Crippen molar-refractivity contribution in [2.75, 3.05) is 0 Å². The number of hydrogen-bond donors (Lipinski definition) is 2. The van der Waals surface area contributed by atoms with E-state index in [1.54, 1.807) is 16.9 Å². The Morgan fingerprint density at radius 3 is 2.83 bits per heavy atom. The summed E-state index contributed by atoms with van der Waals surface area (Å²) in [6.45, 7) is 2.49. The molecule has 0 aliphatic rings. The van der Waals surface area contributed by atoms with Crippen LogP contribution in [0.15, 0.2) is 30.5 Å². The lowest BCUT2D eigenvalue weighted by Crippen LogP contribution is -2.20. The first-order valence-corrected chi connectivity index (χ1v) is 5.76. The maximum absolute atomic E-state index is 13.6. The first kappa shape index (κ1) is 12.6. The molecule has 1 aromatic heterocycles. The Labute approximate surface area is 105 Å². The minimum absolute atomic E-state index is 0.0601. The van der Waals surface area contributed by atoms with Crippen LogP contribution >= 0.6 is 0 Å². The standard InChI is InChI=1S/C13H16FN3O/c1-9(12-4-3-11(18)7-13(12)14)15-8-10-5-6-16-17(10)2/h3-7,9,15,18H,8H2,1-2H3. The van der Waals surface area contributed by atoms with Crippen LogP contribution < -0.4 is 5.32 Å². The van der Waals surface area contributed by atoms with Crippen LogP contribution in [0.1, 0.15) is 24.2 Å². The van der Waals surface area contributed by atoms with Gasteiger partial charge in [0, 0.05) is 37.5 Å². The third kappa shape index (κ3) is 2.68. The van der Waals surface area contributed by atoms with Gasteiger partial charge in [-0.2, -0.15) is 5.10 Å². The van der Waals surface area contributed by atoms with Gasteiger partial charge in [-0.25, -0.2) is 4.39 Å². The monoisotopic (exact) mass is 249 g/mol.